The number of hydrogen-bond acceptors (Lipinski definition) is 3. The van der Waals surface area contributed by atoms with Crippen molar-refractivity contribution in [2.24, 2.45) is 0 Å². The van der Waals surface area contributed by atoms with E-state index < -0.39 is 0 Å². The molecular formula is C9H11NOS. The van der Waals surface area contributed by atoms with Crippen LogP contribution >= 0.6 is 12.2 Å². The third-order valence-corrected chi connectivity index (χ3v) is 1.84. The van der Waals surface area contributed by atoms with Crippen molar-refractivity contribution in [3.05, 3.63) is 29.8 Å². The summed E-state index contributed by atoms with van der Waals surface area (Å²) in [5.74, 6) is 0. The summed E-state index contributed by atoms with van der Waals surface area (Å²) in [5, 5.41) is 0.584. The molecule has 1 rings (SSSR count). The summed E-state index contributed by atoms with van der Waals surface area (Å²) in [4.78, 5) is 0. The standard InChI is InChI=1S/C9H11NOS/c1-11-9(12)6-7-3-2-4-8(10)5-7/h2-5H,6,10H2,1H3. The van der Waals surface area contributed by atoms with Crippen molar-refractivity contribution in [2.75, 3.05) is 12.8 Å². The molecule has 2 N–H and O–H groups in total. The van der Waals surface area contributed by atoms with Crippen LogP contribution in [0.2, 0.25) is 0 Å². The lowest BCUT2D eigenvalue weighted by atomic mass is 10.1. The molecule has 1 aromatic rings. The van der Waals surface area contributed by atoms with Gasteiger partial charge in [0.1, 0.15) is 0 Å². The van der Waals surface area contributed by atoms with Gasteiger partial charge in [0, 0.05) is 12.1 Å². The highest BCUT2D eigenvalue weighted by atomic mass is 32.1. The van der Waals surface area contributed by atoms with Crippen LogP contribution in [0.3, 0.4) is 0 Å². The van der Waals surface area contributed by atoms with Crippen molar-refractivity contribution < 1.29 is 4.74 Å². The summed E-state index contributed by atoms with van der Waals surface area (Å²) in [5.41, 5.74) is 7.43. The van der Waals surface area contributed by atoms with Crippen LogP contribution < -0.4 is 5.73 Å². The van der Waals surface area contributed by atoms with Crippen LogP contribution in [0.4, 0.5) is 5.69 Å². The van der Waals surface area contributed by atoms with Gasteiger partial charge < -0.3 is 10.5 Å². The van der Waals surface area contributed by atoms with E-state index in [0.717, 1.165) is 11.3 Å². The van der Waals surface area contributed by atoms with Crippen molar-refractivity contribution in [3.8, 4) is 0 Å². The van der Waals surface area contributed by atoms with E-state index in [1.807, 2.05) is 24.3 Å². The Hall–Kier alpha value is -1.09. The SMILES string of the molecule is COC(=S)Cc1cccc(N)c1. The number of ether oxygens (including phenoxy) is 1. The van der Waals surface area contributed by atoms with Crippen LogP contribution in [-0.2, 0) is 11.2 Å². The molecule has 0 aliphatic rings. The molecule has 12 heavy (non-hydrogen) atoms. The first-order valence-electron chi connectivity index (χ1n) is 3.63. The molecule has 0 amide bonds. The predicted octanol–water partition coefficient (Wildman–Crippen LogP) is 1.79. The Morgan fingerprint density at radius 1 is 1.58 bits per heavy atom. The van der Waals surface area contributed by atoms with Gasteiger partial charge in [-0.3, -0.25) is 0 Å². The van der Waals surface area contributed by atoms with Crippen LogP contribution in [0.15, 0.2) is 24.3 Å². The van der Waals surface area contributed by atoms with Gasteiger partial charge in [-0.2, -0.15) is 0 Å². The molecule has 1 aromatic carbocycles. The van der Waals surface area contributed by atoms with Gasteiger partial charge in [0.05, 0.1) is 7.11 Å². The second-order valence-electron chi connectivity index (χ2n) is 2.50. The highest BCUT2D eigenvalue weighted by Gasteiger charge is 1.97. The lowest BCUT2D eigenvalue weighted by Gasteiger charge is -2.02. The number of rotatable bonds is 2. The molecule has 64 valence electrons. The molecule has 0 saturated carbocycles. The van der Waals surface area contributed by atoms with Gasteiger partial charge in [0.25, 0.3) is 0 Å². The monoisotopic (exact) mass is 181 g/mol. The summed E-state index contributed by atoms with van der Waals surface area (Å²) in [6.07, 6.45) is 0.650. The Bertz CT molecular complexity index is 286. The number of anilines is 1. The van der Waals surface area contributed by atoms with Crippen LogP contribution in [0.1, 0.15) is 5.56 Å². The fraction of sp³-hybridized carbons (Fsp3) is 0.222. The lowest BCUT2D eigenvalue weighted by Crippen LogP contribution is -2.01. The largest absolute Gasteiger partial charge is 0.490 e. The Kier molecular flexibility index (Phi) is 3.05. The second-order valence-corrected chi connectivity index (χ2v) is 2.95. The number of nitrogens with two attached hydrogens (primary N) is 1. The second kappa shape index (κ2) is 4.07. The maximum atomic E-state index is 5.59. The molecule has 0 bridgehead atoms. The average Bonchev–Trinajstić information content (AvgIpc) is 2.04. The van der Waals surface area contributed by atoms with Gasteiger partial charge in [0.15, 0.2) is 5.05 Å². The van der Waals surface area contributed by atoms with E-state index in [1.165, 1.54) is 0 Å². The van der Waals surface area contributed by atoms with Gasteiger partial charge in [0.2, 0.25) is 0 Å². The summed E-state index contributed by atoms with van der Waals surface area (Å²) < 4.78 is 4.88. The Balaban J connectivity index is 2.69. The molecule has 0 saturated heterocycles. The third kappa shape index (κ3) is 2.51. The number of methoxy groups -OCH3 is 1. The van der Waals surface area contributed by atoms with E-state index in [0.29, 0.717) is 11.5 Å². The summed E-state index contributed by atoms with van der Waals surface area (Å²) in [6.45, 7) is 0. The van der Waals surface area contributed by atoms with E-state index in [-0.39, 0.29) is 0 Å². The first kappa shape index (κ1) is 9.00. The van der Waals surface area contributed by atoms with Crippen molar-refractivity contribution in [3.63, 3.8) is 0 Å². The molecule has 0 aliphatic carbocycles. The molecule has 0 aliphatic heterocycles. The van der Waals surface area contributed by atoms with Crippen LogP contribution in [0.5, 0.6) is 0 Å². The number of benzene rings is 1. The Morgan fingerprint density at radius 2 is 2.33 bits per heavy atom. The molecule has 0 heterocycles. The Morgan fingerprint density at radius 3 is 2.92 bits per heavy atom. The Labute approximate surface area is 77.3 Å². The minimum atomic E-state index is 0.584. The van der Waals surface area contributed by atoms with E-state index in [2.05, 4.69) is 0 Å². The minimum absolute atomic E-state index is 0.584. The normalized spacial score (nSPS) is 9.42. The third-order valence-electron chi connectivity index (χ3n) is 1.53. The molecular weight excluding hydrogens is 170 g/mol. The first-order valence-corrected chi connectivity index (χ1v) is 4.04. The van der Waals surface area contributed by atoms with Gasteiger partial charge in [-0.15, -0.1) is 0 Å². The summed E-state index contributed by atoms with van der Waals surface area (Å²) >= 11 is 4.92. The zero-order chi connectivity index (χ0) is 8.97. The number of nitrogen functional groups attached to an aromatic ring is 1. The van der Waals surface area contributed by atoms with E-state index >= 15 is 0 Å². The van der Waals surface area contributed by atoms with E-state index in [9.17, 15) is 0 Å². The van der Waals surface area contributed by atoms with Crippen LogP contribution in [0, 0.1) is 0 Å². The van der Waals surface area contributed by atoms with Crippen molar-refractivity contribution in [2.45, 2.75) is 6.42 Å². The summed E-state index contributed by atoms with van der Waals surface area (Å²) in [7, 11) is 1.58. The minimum Gasteiger partial charge on any atom is -0.490 e. The molecule has 0 spiro atoms. The van der Waals surface area contributed by atoms with Crippen molar-refractivity contribution in [1.29, 1.82) is 0 Å². The molecule has 0 atom stereocenters. The fourth-order valence-electron chi connectivity index (χ4n) is 0.942. The topological polar surface area (TPSA) is 35.2 Å². The van der Waals surface area contributed by atoms with Crippen molar-refractivity contribution in [1.82, 2.24) is 0 Å². The molecule has 0 radical (unpaired) electrons. The summed E-state index contributed by atoms with van der Waals surface area (Å²) in [6, 6.07) is 7.62. The predicted molar refractivity (Wildman–Crippen MR) is 54.2 cm³/mol. The van der Waals surface area contributed by atoms with Crippen LogP contribution in [0.25, 0.3) is 0 Å². The zero-order valence-corrected chi connectivity index (χ0v) is 7.73. The highest BCUT2D eigenvalue weighted by Crippen LogP contribution is 2.07. The molecule has 2 nitrogen and oxygen atoms in total. The molecule has 0 aromatic heterocycles. The van der Waals surface area contributed by atoms with E-state index in [4.69, 9.17) is 22.7 Å². The van der Waals surface area contributed by atoms with Crippen LogP contribution in [-0.4, -0.2) is 12.2 Å². The highest BCUT2D eigenvalue weighted by molar-refractivity contribution is 7.80. The fourth-order valence-corrected chi connectivity index (χ4v) is 1.11. The lowest BCUT2D eigenvalue weighted by molar-refractivity contribution is 0.406. The smallest absolute Gasteiger partial charge is 0.163 e. The number of thiocarbonyl (C=S) groups is 1. The van der Waals surface area contributed by atoms with Gasteiger partial charge in [-0.05, 0) is 29.9 Å². The maximum absolute atomic E-state index is 5.59. The molecule has 0 unspecified atom stereocenters. The van der Waals surface area contributed by atoms with Gasteiger partial charge >= 0.3 is 0 Å². The van der Waals surface area contributed by atoms with Crippen molar-refractivity contribution >= 4 is 23.0 Å². The quantitative estimate of drug-likeness (QED) is 0.558. The van der Waals surface area contributed by atoms with E-state index in [1.54, 1.807) is 7.11 Å². The number of hydrogen-bond donors (Lipinski definition) is 1. The average molecular weight is 181 g/mol. The molecule has 3 heteroatoms. The van der Waals surface area contributed by atoms with Gasteiger partial charge in [-0.25, -0.2) is 0 Å². The first-order chi connectivity index (χ1) is 5.72. The molecule has 0 fully saturated rings. The van der Waals surface area contributed by atoms with Gasteiger partial charge in [-0.1, -0.05) is 12.1 Å². The zero-order valence-electron chi connectivity index (χ0n) is 6.91. The maximum Gasteiger partial charge on any atom is 0.163 e.